The number of hydrogen-bond acceptors (Lipinski definition) is 0. The van der Waals surface area contributed by atoms with Crippen LogP contribution < -0.4 is 0 Å². The van der Waals surface area contributed by atoms with Crippen molar-refractivity contribution in [3.8, 4) is 0 Å². The minimum atomic E-state index is 0.927. The standard InChI is InChI=1S/C16H34/c1-6-9-10-11-16(12-14(4)7-2)13-15(5)8-3/h14-16H,6-13H2,1-5H3. The van der Waals surface area contributed by atoms with Gasteiger partial charge >= 0.3 is 0 Å². The molecule has 0 fully saturated rings. The van der Waals surface area contributed by atoms with E-state index in [1.807, 2.05) is 0 Å². The van der Waals surface area contributed by atoms with Gasteiger partial charge in [-0.15, -0.1) is 0 Å². The van der Waals surface area contributed by atoms with Gasteiger partial charge in [-0.25, -0.2) is 0 Å². The first-order valence-corrected chi connectivity index (χ1v) is 7.63. The van der Waals surface area contributed by atoms with E-state index in [4.69, 9.17) is 0 Å². The van der Waals surface area contributed by atoms with Crippen LogP contribution in [-0.4, -0.2) is 0 Å². The van der Waals surface area contributed by atoms with Crippen molar-refractivity contribution in [1.82, 2.24) is 0 Å². The largest absolute Gasteiger partial charge is 0.0654 e. The van der Waals surface area contributed by atoms with Gasteiger partial charge in [-0.3, -0.25) is 0 Å². The van der Waals surface area contributed by atoms with Crippen molar-refractivity contribution < 1.29 is 0 Å². The first kappa shape index (κ1) is 16.0. The van der Waals surface area contributed by atoms with Crippen molar-refractivity contribution in [2.75, 3.05) is 0 Å². The Hall–Kier alpha value is 0. The summed E-state index contributed by atoms with van der Waals surface area (Å²) in [5.74, 6) is 2.85. The summed E-state index contributed by atoms with van der Waals surface area (Å²) in [5.41, 5.74) is 0. The molecule has 0 saturated carbocycles. The van der Waals surface area contributed by atoms with Crippen LogP contribution in [0.1, 0.15) is 86.0 Å². The molecule has 0 aromatic heterocycles. The SMILES string of the molecule is CCCCCC(CC(C)CC)CC(C)CC. The molecular formula is C16H34. The van der Waals surface area contributed by atoms with Gasteiger partial charge in [0.1, 0.15) is 0 Å². The Balaban J connectivity index is 3.94. The monoisotopic (exact) mass is 226 g/mol. The van der Waals surface area contributed by atoms with E-state index in [1.54, 1.807) is 0 Å². The molecule has 16 heavy (non-hydrogen) atoms. The summed E-state index contributed by atoms with van der Waals surface area (Å²) in [7, 11) is 0. The lowest BCUT2D eigenvalue weighted by Gasteiger charge is -2.23. The average Bonchev–Trinajstić information content (AvgIpc) is 2.28. The van der Waals surface area contributed by atoms with E-state index in [-0.39, 0.29) is 0 Å². The summed E-state index contributed by atoms with van der Waals surface area (Å²) in [6, 6.07) is 0. The molecule has 0 spiro atoms. The minimum Gasteiger partial charge on any atom is -0.0654 e. The molecule has 2 atom stereocenters. The molecule has 0 bridgehead atoms. The normalized spacial score (nSPS) is 17.1. The molecule has 2 unspecified atom stereocenters. The molecule has 0 aromatic rings. The van der Waals surface area contributed by atoms with E-state index in [0.29, 0.717) is 0 Å². The van der Waals surface area contributed by atoms with Crippen LogP contribution in [0.2, 0.25) is 0 Å². The Kier molecular flexibility index (Phi) is 10.2. The van der Waals surface area contributed by atoms with E-state index >= 15 is 0 Å². The van der Waals surface area contributed by atoms with Crippen LogP contribution in [-0.2, 0) is 0 Å². The predicted octanol–water partition coefficient (Wildman–Crippen LogP) is 6.06. The molecule has 0 heteroatoms. The Morgan fingerprint density at radius 1 is 0.750 bits per heavy atom. The highest BCUT2D eigenvalue weighted by Gasteiger charge is 2.14. The second kappa shape index (κ2) is 10.2. The lowest BCUT2D eigenvalue weighted by molar-refractivity contribution is 0.292. The predicted molar refractivity (Wildman–Crippen MR) is 75.8 cm³/mol. The van der Waals surface area contributed by atoms with Crippen LogP contribution in [0.4, 0.5) is 0 Å². The number of unbranched alkanes of at least 4 members (excludes halogenated alkanes) is 2. The highest BCUT2D eigenvalue weighted by molar-refractivity contribution is 4.66. The van der Waals surface area contributed by atoms with Gasteiger partial charge < -0.3 is 0 Å². The van der Waals surface area contributed by atoms with E-state index in [1.165, 1.54) is 51.4 Å². The fourth-order valence-electron chi connectivity index (χ4n) is 2.49. The second-order valence-electron chi connectivity index (χ2n) is 5.86. The van der Waals surface area contributed by atoms with Crippen LogP contribution in [0.3, 0.4) is 0 Å². The highest BCUT2D eigenvalue weighted by Crippen LogP contribution is 2.27. The van der Waals surface area contributed by atoms with Crippen molar-refractivity contribution in [3.63, 3.8) is 0 Å². The quantitative estimate of drug-likeness (QED) is 0.397. The number of hydrogen-bond donors (Lipinski definition) is 0. The number of rotatable bonds is 10. The lowest BCUT2D eigenvalue weighted by atomic mass is 9.83. The van der Waals surface area contributed by atoms with Gasteiger partial charge in [-0.2, -0.15) is 0 Å². The molecule has 0 aliphatic rings. The van der Waals surface area contributed by atoms with Crippen LogP contribution in [0.5, 0.6) is 0 Å². The fraction of sp³-hybridized carbons (Fsp3) is 1.00. The van der Waals surface area contributed by atoms with Gasteiger partial charge in [-0.1, -0.05) is 73.1 Å². The van der Waals surface area contributed by atoms with Gasteiger partial charge in [-0.05, 0) is 30.6 Å². The molecular weight excluding hydrogens is 192 g/mol. The van der Waals surface area contributed by atoms with Crippen molar-refractivity contribution in [2.24, 2.45) is 17.8 Å². The van der Waals surface area contributed by atoms with Gasteiger partial charge in [0, 0.05) is 0 Å². The van der Waals surface area contributed by atoms with E-state index in [9.17, 15) is 0 Å². The molecule has 0 nitrogen and oxygen atoms in total. The molecule has 0 N–H and O–H groups in total. The van der Waals surface area contributed by atoms with Crippen LogP contribution in [0, 0.1) is 17.8 Å². The van der Waals surface area contributed by atoms with E-state index in [2.05, 4.69) is 34.6 Å². The van der Waals surface area contributed by atoms with Crippen LogP contribution in [0.15, 0.2) is 0 Å². The van der Waals surface area contributed by atoms with Crippen LogP contribution in [0.25, 0.3) is 0 Å². The first-order chi connectivity index (χ1) is 7.63. The maximum Gasteiger partial charge on any atom is -0.0409 e. The third kappa shape index (κ3) is 8.19. The fourth-order valence-corrected chi connectivity index (χ4v) is 2.49. The Morgan fingerprint density at radius 2 is 1.25 bits per heavy atom. The van der Waals surface area contributed by atoms with Gasteiger partial charge in [0.15, 0.2) is 0 Å². The summed E-state index contributed by atoms with van der Waals surface area (Å²) in [6.07, 6.45) is 11.3. The molecule has 0 aliphatic carbocycles. The summed E-state index contributed by atoms with van der Waals surface area (Å²) in [5, 5.41) is 0. The molecule has 0 aliphatic heterocycles. The molecule has 0 heterocycles. The minimum absolute atomic E-state index is 0.927. The smallest absolute Gasteiger partial charge is 0.0409 e. The van der Waals surface area contributed by atoms with Crippen molar-refractivity contribution in [3.05, 3.63) is 0 Å². The molecule has 0 aromatic carbocycles. The Morgan fingerprint density at radius 3 is 1.62 bits per heavy atom. The highest BCUT2D eigenvalue weighted by atomic mass is 14.2. The summed E-state index contributed by atoms with van der Waals surface area (Å²) in [6.45, 7) is 11.8. The zero-order valence-corrected chi connectivity index (χ0v) is 12.4. The van der Waals surface area contributed by atoms with Crippen molar-refractivity contribution in [1.29, 1.82) is 0 Å². The lowest BCUT2D eigenvalue weighted by Crippen LogP contribution is -2.10. The zero-order valence-electron chi connectivity index (χ0n) is 12.4. The van der Waals surface area contributed by atoms with Gasteiger partial charge in [0.05, 0.1) is 0 Å². The van der Waals surface area contributed by atoms with Crippen molar-refractivity contribution in [2.45, 2.75) is 86.0 Å². The molecule has 0 rings (SSSR count). The molecule has 0 amide bonds. The zero-order chi connectivity index (χ0) is 12.4. The topological polar surface area (TPSA) is 0 Å². The Labute approximate surface area is 104 Å². The van der Waals surface area contributed by atoms with Crippen molar-refractivity contribution >= 4 is 0 Å². The summed E-state index contributed by atoms with van der Waals surface area (Å²) >= 11 is 0. The maximum absolute atomic E-state index is 2.42. The third-order valence-corrected chi connectivity index (χ3v) is 4.08. The first-order valence-electron chi connectivity index (χ1n) is 7.63. The average molecular weight is 226 g/mol. The van der Waals surface area contributed by atoms with Crippen LogP contribution >= 0.6 is 0 Å². The van der Waals surface area contributed by atoms with E-state index < -0.39 is 0 Å². The summed E-state index contributed by atoms with van der Waals surface area (Å²) < 4.78 is 0. The molecule has 0 radical (unpaired) electrons. The Bertz CT molecular complexity index is 127. The molecule has 98 valence electrons. The van der Waals surface area contributed by atoms with Gasteiger partial charge in [0.25, 0.3) is 0 Å². The third-order valence-electron chi connectivity index (χ3n) is 4.08. The second-order valence-corrected chi connectivity index (χ2v) is 5.86. The molecule has 0 saturated heterocycles. The maximum atomic E-state index is 2.42. The summed E-state index contributed by atoms with van der Waals surface area (Å²) in [4.78, 5) is 0. The van der Waals surface area contributed by atoms with E-state index in [0.717, 1.165) is 17.8 Å². The van der Waals surface area contributed by atoms with Gasteiger partial charge in [0.2, 0.25) is 0 Å².